The number of aromatic nitrogens is 8. The quantitative estimate of drug-likeness (QED) is 0.101. The van der Waals surface area contributed by atoms with Crippen LogP contribution in [0.2, 0.25) is 0 Å². The maximum atomic E-state index is 15.9. The van der Waals surface area contributed by atoms with Crippen molar-refractivity contribution in [3.8, 4) is 0 Å². The second-order valence-corrected chi connectivity index (χ2v) is 13.9. The van der Waals surface area contributed by atoms with Gasteiger partial charge in [0.15, 0.2) is 0 Å². The van der Waals surface area contributed by atoms with E-state index in [4.69, 9.17) is 39.0 Å². The van der Waals surface area contributed by atoms with E-state index in [2.05, 4.69) is 29.9 Å². The van der Waals surface area contributed by atoms with Gasteiger partial charge >= 0.3 is 256 Å². The van der Waals surface area contributed by atoms with Crippen LogP contribution in [-0.2, 0) is 27.6 Å². The second-order valence-electron chi connectivity index (χ2n) is 10.7. The molecule has 0 saturated carbocycles. The third kappa shape index (κ3) is 5.38. The minimum atomic E-state index is -5.32. The van der Waals surface area contributed by atoms with Crippen molar-refractivity contribution in [2.75, 3.05) is 18.1 Å². The standard InChI is InChI=1S/C21H29FN10O12P2/c1-6-12-11(33)14(20(41-12)31-4-27-9-15(23)25-3-26-16(9)31)44-45(35,36)39-2-7-8(22)13(43-46(37,38)42-6)19(40-7)32-5-28-10-17(32)29-21(24)30-18(10)34/h3-8,11-14,19-20,33,35-38,45-46H,2H2,1H3,(H2,23,25,26)(H3,24,29,30,34)/t6-,7-,8-,11-,12-,13-,14-,19-,20-/m1/s1. The first-order valence-electron chi connectivity index (χ1n) is 13.6. The monoisotopic (exact) mass is 694 g/mol. The maximum absolute atomic E-state index is 15.9. The molecule has 25 heteroatoms. The van der Waals surface area contributed by atoms with Crippen LogP contribution >= 0.6 is 16.3 Å². The molecular formula is C21H29FN10O12P2. The molecule has 3 saturated heterocycles. The number of fused-ring (bicyclic) bond motifs is 6. The van der Waals surface area contributed by atoms with Gasteiger partial charge in [0.2, 0.25) is 0 Å². The van der Waals surface area contributed by atoms with E-state index in [0.717, 1.165) is 17.2 Å². The van der Waals surface area contributed by atoms with Crippen LogP contribution in [0.1, 0.15) is 19.4 Å². The summed E-state index contributed by atoms with van der Waals surface area (Å²) in [5, 5.41) is 11.3. The molecule has 0 aliphatic carbocycles. The minimum absolute atomic E-state index is 0.0279. The van der Waals surface area contributed by atoms with Crippen LogP contribution in [0.3, 0.4) is 0 Å². The summed E-state index contributed by atoms with van der Waals surface area (Å²) in [5.41, 5.74) is 10.8. The number of imidazole rings is 2. The number of aliphatic hydroxyl groups excluding tert-OH is 1. The Morgan fingerprint density at radius 3 is 2.35 bits per heavy atom. The number of hydrogen-bond donors (Lipinski definition) is 8. The summed E-state index contributed by atoms with van der Waals surface area (Å²) in [4.78, 5) is 78.2. The van der Waals surface area contributed by atoms with Gasteiger partial charge in [0, 0.05) is 0 Å². The number of nitrogens with two attached hydrogens (primary N) is 2. The van der Waals surface area contributed by atoms with E-state index in [9.17, 15) is 29.5 Å². The average molecular weight is 694 g/mol. The molecule has 4 bridgehead atoms. The Morgan fingerprint density at radius 2 is 1.59 bits per heavy atom. The van der Waals surface area contributed by atoms with Crippen molar-refractivity contribution in [3.05, 3.63) is 29.3 Å². The van der Waals surface area contributed by atoms with Crippen molar-refractivity contribution < 1.29 is 56.6 Å². The number of H-pyrrole nitrogens is 1. The fourth-order valence-corrected chi connectivity index (χ4v) is 8.03. The molecule has 3 aliphatic rings. The Balaban J connectivity index is 1.24. The van der Waals surface area contributed by atoms with Gasteiger partial charge in [-0.2, -0.15) is 0 Å². The van der Waals surface area contributed by atoms with Crippen molar-refractivity contribution in [2.45, 2.75) is 62.2 Å². The van der Waals surface area contributed by atoms with E-state index < -0.39 is 83.8 Å². The molecule has 0 spiro atoms. The van der Waals surface area contributed by atoms with Gasteiger partial charge in [-0.05, 0) is 0 Å². The fraction of sp³-hybridized carbons (Fsp3) is 0.524. The fourth-order valence-electron chi connectivity index (χ4n) is 5.70. The number of nitrogen functional groups attached to an aromatic ring is 2. The number of nitrogens with zero attached hydrogens (tertiary/aromatic N) is 7. The molecule has 46 heavy (non-hydrogen) atoms. The number of ether oxygens (including phenoxy) is 2. The molecule has 252 valence electrons. The molecule has 0 amide bonds. The molecule has 0 unspecified atom stereocenters. The van der Waals surface area contributed by atoms with E-state index in [-0.39, 0.29) is 34.1 Å². The van der Waals surface area contributed by atoms with E-state index in [1.165, 1.54) is 17.8 Å². The predicted molar refractivity (Wildman–Crippen MR) is 153 cm³/mol. The van der Waals surface area contributed by atoms with Crippen LogP contribution in [-0.4, -0.2) is 113 Å². The van der Waals surface area contributed by atoms with Crippen molar-refractivity contribution in [2.24, 2.45) is 0 Å². The molecule has 9 atom stereocenters. The number of alkyl halides is 1. The van der Waals surface area contributed by atoms with Crippen LogP contribution in [0.5, 0.6) is 0 Å². The van der Waals surface area contributed by atoms with Crippen molar-refractivity contribution in [1.29, 1.82) is 0 Å². The molecule has 0 aromatic carbocycles. The molecule has 7 rings (SSSR count). The summed E-state index contributed by atoms with van der Waals surface area (Å²) in [6.45, 7) is 0.431. The zero-order valence-electron chi connectivity index (χ0n) is 23.4. The summed E-state index contributed by atoms with van der Waals surface area (Å²) >= 11 is 0. The Bertz CT molecular complexity index is 1840. The molecule has 4 aromatic rings. The van der Waals surface area contributed by atoms with Crippen LogP contribution < -0.4 is 17.0 Å². The third-order valence-electron chi connectivity index (χ3n) is 7.72. The number of aliphatic hydroxyl groups is 1. The Labute approximate surface area is 256 Å². The van der Waals surface area contributed by atoms with Gasteiger partial charge < -0.3 is 0 Å². The summed E-state index contributed by atoms with van der Waals surface area (Å²) in [7, 11) is -10.6. The number of hydrogen-bond acceptors (Lipinski definition) is 19. The van der Waals surface area contributed by atoms with Gasteiger partial charge in [0.25, 0.3) is 0 Å². The number of nitrogens with one attached hydrogen (secondary N) is 1. The Kier molecular flexibility index (Phi) is 7.68. The molecular weight excluding hydrogens is 665 g/mol. The van der Waals surface area contributed by atoms with Crippen LogP contribution in [0, 0.1) is 0 Å². The Morgan fingerprint density at radius 1 is 0.913 bits per heavy atom. The van der Waals surface area contributed by atoms with Crippen molar-refractivity contribution in [1.82, 2.24) is 39.0 Å². The number of aromatic amines is 1. The molecule has 3 fully saturated rings. The van der Waals surface area contributed by atoms with E-state index in [1.807, 2.05) is 0 Å². The summed E-state index contributed by atoms with van der Waals surface area (Å²) in [5.74, 6) is -0.268. The Hall–Kier alpha value is -3.15. The van der Waals surface area contributed by atoms with Gasteiger partial charge in [-0.3, -0.25) is 0 Å². The first-order valence-corrected chi connectivity index (χ1v) is 17.0. The first kappa shape index (κ1) is 31.4. The number of rotatable bonds is 2. The molecule has 22 nitrogen and oxygen atoms in total. The van der Waals surface area contributed by atoms with Gasteiger partial charge in [0.1, 0.15) is 0 Å². The number of halogens is 1. The molecule has 10 N–H and O–H groups in total. The first-order chi connectivity index (χ1) is 21.7. The van der Waals surface area contributed by atoms with E-state index in [1.54, 1.807) is 0 Å². The normalized spacial score (nSPS) is 36.0. The van der Waals surface area contributed by atoms with E-state index in [0.29, 0.717) is 0 Å². The topological polar surface area (TPSA) is 316 Å². The summed E-state index contributed by atoms with van der Waals surface area (Å²) < 4.78 is 51.6. The van der Waals surface area contributed by atoms with Gasteiger partial charge in [0.05, 0.1) is 0 Å². The van der Waals surface area contributed by atoms with Crippen LogP contribution in [0.25, 0.3) is 22.3 Å². The van der Waals surface area contributed by atoms with Crippen LogP contribution in [0.4, 0.5) is 16.2 Å². The van der Waals surface area contributed by atoms with Gasteiger partial charge in [-0.25, -0.2) is 0 Å². The zero-order valence-corrected chi connectivity index (χ0v) is 25.4. The molecule has 4 aromatic heterocycles. The van der Waals surface area contributed by atoms with Crippen molar-refractivity contribution in [3.63, 3.8) is 0 Å². The zero-order chi connectivity index (χ0) is 32.7. The average Bonchev–Trinajstić information content (AvgIpc) is 3.73. The molecule has 3 aliphatic heterocycles. The summed E-state index contributed by atoms with van der Waals surface area (Å²) in [6.07, 6.45) is -11.4. The van der Waals surface area contributed by atoms with Gasteiger partial charge in [-0.1, -0.05) is 0 Å². The molecule has 0 radical (unpaired) electrons. The molecule has 7 heterocycles. The SMILES string of the molecule is C[C@H]1O[PH](O)(O)O[C@@H]2[C@H](F)[C@@H](CO[PH](O)(O)O[C@@H]3[C@H](O)[C@@H]1O[C@H]3n1cnc3c(N)ncnc31)O[C@H]2n1cnc2c(=O)[nH]c(N)nc21. The summed E-state index contributed by atoms with van der Waals surface area (Å²) in [6, 6.07) is 0. The van der Waals surface area contributed by atoms with Crippen LogP contribution in [0.15, 0.2) is 23.8 Å². The second kappa shape index (κ2) is 11.2. The predicted octanol–water partition coefficient (Wildman–Crippen LogP) is -2.39. The van der Waals surface area contributed by atoms with Gasteiger partial charge in [-0.15, -0.1) is 0 Å². The third-order valence-corrected chi connectivity index (χ3v) is 10.1. The van der Waals surface area contributed by atoms with E-state index >= 15 is 4.39 Å². The van der Waals surface area contributed by atoms with Crippen molar-refractivity contribution >= 4 is 50.4 Å². The number of anilines is 2.